The first-order valence-corrected chi connectivity index (χ1v) is 9.14. The summed E-state index contributed by atoms with van der Waals surface area (Å²) >= 11 is 0. The largest absolute Gasteiger partial charge is 0.349 e. The highest BCUT2D eigenvalue weighted by atomic mass is 16.2. The second-order valence-corrected chi connectivity index (χ2v) is 7.02. The second kappa shape index (κ2) is 6.92. The lowest BCUT2D eigenvalue weighted by Gasteiger charge is -2.21. The molecule has 1 atom stereocenters. The fourth-order valence-electron chi connectivity index (χ4n) is 3.12. The van der Waals surface area contributed by atoms with Crippen LogP contribution in [0.1, 0.15) is 50.8 Å². The van der Waals surface area contributed by atoms with Crippen LogP contribution in [0.15, 0.2) is 48.5 Å². The molecule has 142 valence electrons. The number of carbonyl (C=O) groups excluding carboxylic acids is 4. The Morgan fingerprint density at radius 3 is 2.07 bits per heavy atom. The maximum atomic E-state index is 12.6. The average molecular weight is 377 g/mol. The molecule has 4 rings (SSSR count). The predicted molar refractivity (Wildman–Crippen MR) is 102 cm³/mol. The standard InChI is InChI=1S/C21H19N3O4/c1-12(24-20(27)16-4-2-3-5-17(16)21(24)28)18(25)22-14-8-6-13(7-9-14)19(26)23-15-10-11-15/h2-9,12,15H,10-11H2,1H3,(H,22,25)(H,23,26). The van der Waals surface area contributed by atoms with Crippen molar-refractivity contribution in [3.63, 3.8) is 0 Å². The normalized spacial score (nSPS) is 16.5. The molecule has 0 radical (unpaired) electrons. The van der Waals surface area contributed by atoms with Crippen molar-refractivity contribution < 1.29 is 19.2 Å². The molecule has 1 fully saturated rings. The first-order chi connectivity index (χ1) is 13.5. The molecular formula is C21H19N3O4. The lowest BCUT2D eigenvalue weighted by atomic mass is 10.1. The maximum Gasteiger partial charge on any atom is 0.262 e. The molecule has 0 aromatic heterocycles. The number of fused-ring (bicyclic) bond motifs is 1. The number of hydrogen-bond donors (Lipinski definition) is 2. The van der Waals surface area contributed by atoms with Crippen LogP contribution in [0.5, 0.6) is 0 Å². The Balaban J connectivity index is 1.43. The Kier molecular flexibility index (Phi) is 4.43. The van der Waals surface area contributed by atoms with E-state index in [0.29, 0.717) is 22.4 Å². The summed E-state index contributed by atoms with van der Waals surface area (Å²) in [5, 5.41) is 5.59. The molecule has 7 nitrogen and oxygen atoms in total. The van der Waals surface area contributed by atoms with Gasteiger partial charge in [-0.15, -0.1) is 0 Å². The van der Waals surface area contributed by atoms with Crippen molar-refractivity contribution >= 4 is 29.3 Å². The summed E-state index contributed by atoms with van der Waals surface area (Å²) in [7, 11) is 0. The number of carbonyl (C=O) groups is 4. The van der Waals surface area contributed by atoms with Crippen LogP contribution in [0.3, 0.4) is 0 Å². The number of nitrogens with zero attached hydrogens (tertiary/aromatic N) is 1. The van der Waals surface area contributed by atoms with Gasteiger partial charge in [-0.1, -0.05) is 12.1 Å². The molecule has 0 spiro atoms. The Hall–Kier alpha value is -3.48. The van der Waals surface area contributed by atoms with Gasteiger partial charge in [0.1, 0.15) is 6.04 Å². The van der Waals surface area contributed by atoms with Crippen molar-refractivity contribution in [1.82, 2.24) is 10.2 Å². The summed E-state index contributed by atoms with van der Waals surface area (Å²) < 4.78 is 0. The summed E-state index contributed by atoms with van der Waals surface area (Å²) in [5.41, 5.74) is 1.60. The lowest BCUT2D eigenvalue weighted by molar-refractivity contribution is -0.119. The van der Waals surface area contributed by atoms with Crippen LogP contribution < -0.4 is 10.6 Å². The highest BCUT2D eigenvalue weighted by Gasteiger charge is 2.40. The summed E-state index contributed by atoms with van der Waals surface area (Å²) in [6.07, 6.45) is 2.02. The monoisotopic (exact) mass is 377 g/mol. The molecule has 2 aliphatic rings. The van der Waals surface area contributed by atoms with E-state index < -0.39 is 23.8 Å². The molecule has 2 aromatic rings. The molecule has 2 aromatic carbocycles. The minimum atomic E-state index is -0.967. The molecular weight excluding hydrogens is 358 g/mol. The zero-order valence-electron chi connectivity index (χ0n) is 15.3. The van der Waals surface area contributed by atoms with Gasteiger partial charge in [0.25, 0.3) is 17.7 Å². The number of hydrogen-bond acceptors (Lipinski definition) is 4. The van der Waals surface area contributed by atoms with Gasteiger partial charge in [0.15, 0.2) is 0 Å². The van der Waals surface area contributed by atoms with E-state index in [0.717, 1.165) is 17.7 Å². The zero-order valence-corrected chi connectivity index (χ0v) is 15.3. The van der Waals surface area contributed by atoms with Crippen molar-refractivity contribution in [3.8, 4) is 0 Å². The van der Waals surface area contributed by atoms with Gasteiger partial charge in [0.2, 0.25) is 5.91 Å². The van der Waals surface area contributed by atoms with Crippen LogP contribution in [0.2, 0.25) is 0 Å². The topological polar surface area (TPSA) is 95.6 Å². The van der Waals surface area contributed by atoms with Crippen LogP contribution in [-0.4, -0.2) is 40.6 Å². The average Bonchev–Trinajstić information content (AvgIpc) is 3.48. The number of nitrogens with one attached hydrogen (secondary N) is 2. The van der Waals surface area contributed by atoms with Crippen LogP contribution in [-0.2, 0) is 4.79 Å². The van der Waals surface area contributed by atoms with Gasteiger partial charge in [-0.05, 0) is 56.2 Å². The summed E-state index contributed by atoms with van der Waals surface area (Å²) in [5.74, 6) is -1.57. The van der Waals surface area contributed by atoms with Gasteiger partial charge in [-0.2, -0.15) is 0 Å². The quantitative estimate of drug-likeness (QED) is 0.781. The van der Waals surface area contributed by atoms with Crippen LogP contribution in [0.25, 0.3) is 0 Å². The van der Waals surface area contributed by atoms with Crippen LogP contribution >= 0.6 is 0 Å². The van der Waals surface area contributed by atoms with Crippen molar-refractivity contribution in [3.05, 3.63) is 65.2 Å². The third-order valence-corrected chi connectivity index (χ3v) is 4.92. The zero-order chi connectivity index (χ0) is 19.8. The molecule has 28 heavy (non-hydrogen) atoms. The Bertz CT molecular complexity index is 944. The van der Waals surface area contributed by atoms with Gasteiger partial charge in [0, 0.05) is 17.3 Å². The van der Waals surface area contributed by atoms with E-state index in [4.69, 9.17) is 0 Å². The minimum Gasteiger partial charge on any atom is -0.349 e. The Labute approximate surface area is 161 Å². The third-order valence-electron chi connectivity index (χ3n) is 4.92. The van der Waals surface area contributed by atoms with E-state index in [1.165, 1.54) is 6.92 Å². The SMILES string of the molecule is CC(C(=O)Nc1ccc(C(=O)NC2CC2)cc1)N1C(=O)c2ccccc2C1=O. The van der Waals surface area contributed by atoms with E-state index in [2.05, 4.69) is 10.6 Å². The van der Waals surface area contributed by atoms with Gasteiger partial charge >= 0.3 is 0 Å². The third kappa shape index (κ3) is 3.26. The van der Waals surface area contributed by atoms with Gasteiger partial charge < -0.3 is 10.6 Å². The fourth-order valence-corrected chi connectivity index (χ4v) is 3.12. The highest BCUT2D eigenvalue weighted by molar-refractivity contribution is 6.23. The summed E-state index contributed by atoms with van der Waals surface area (Å²) in [4.78, 5) is 50.6. The lowest BCUT2D eigenvalue weighted by Crippen LogP contribution is -2.45. The first-order valence-electron chi connectivity index (χ1n) is 9.14. The maximum absolute atomic E-state index is 12.6. The molecule has 4 amide bonds. The number of imide groups is 1. The van der Waals surface area contributed by atoms with Crippen molar-refractivity contribution in [2.75, 3.05) is 5.32 Å². The van der Waals surface area contributed by atoms with E-state index in [1.54, 1.807) is 48.5 Å². The number of anilines is 1. The number of amides is 4. The fraction of sp³-hybridized carbons (Fsp3) is 0.238. The molecule has 0 bridgehead atoms. The number of rotatable bonds is 5. The molecule has 7 heteroatoms. The van der Waals surface area contributed by atoms with Gasteiger partial charge in [-0.25, -0.2) is 0 Å². The highest BCUT2D eigenvalue weighted by Crippen LogP contribution is 2.25. The van der Waals surface area contributed by atoms with Crippen molar-refractivity contribution in [2.24, 2.45) is 0 Å². The molecule has 1 saturated carbocycles. The Morgan fingerprint density at radius 1 is 0.964 bits per heavy atom. The smallest absolute Gasteiger partial charge is 0.262 e. The van der Waals surface area contributed by atoms with Crippen LogP contribution in [0, 0.1) is 0 Å². The Morgan fingerprint density at radius 2 is 1.54 bits per heavy atom. The molecule has 1 unspecified atom stereocenters. The second-order valence-electron chi connectivity index (χ2n) is 7.02. The van der Waals surface area contributed by atoms with E-state index in [1.807, 2.05) is 0 Å². The molecule has 2 N–H and O–H groups in total. The van der Waals surface area contributed by atoms with Crippen molar-refractivity contribution in [2.45, 2.75) is 31.8 Å². The predicted octanol–water partition coefficient (Wildman–Crippen LogP) is 2.20. The van der Waals surface area contributed by atoms with Gasteiger partial charge in [-0.3, -0.25) is 24.1 Å². The molecule has 0 saturated heterocycles. The van der Waals surface area contributed by atoms with E-state index >= 15 is 0 Å². The molecule has 1 aliphatic carbocycles. The summed E-state index contributed by atoms with van der Waals surface area (Å²) in [6, 6.07) is 12.3. The molecule has 1 aliphatic heterocycles. The van der Waals surface area contributed by atoms with Crippen LogP contribution in [0.4, 0.5) is 5.69 Å². The van der Waals surface area contributed by atoms with E-state index in [-0.39, 0.29) is 11.9 Å². The van der Waals surface area contributed by atoms with Crippen molar-refractivity contribution in [1.29, 1.82) is 0 Å². The van der Waals surface area contributed by atoms with Gasteiger partial charge in [0.05, 0.1) is 11.1 Å². The number of benzene rings is 2. The summed E-state index contributed by atoms with van der Waals surface area (Å²) in [6.45, 7) is 1.51. The first kappa shape index (κ1) is 17.9. The molecule has 1 heterocycles. The minimum absolute atomic E-state index is 0.139. The van der Waals surface area contributed by atoms with E-state index in [9.17, 15) is 19.2 Å².